The smallest absolute Gasteiger partial charge is 0.262 e. The normalized spacial score (nSPS) is 15.0. The molecule has 2 heterocycles. The molecule has 0 spiro atoms. The van der Waals surface area contributed by atoms with Crippen LogP contribution in [-0.4, -0.2) is 39.8 Å². The van der Waals surface area contributed by atoms with Crippen molar-refractivity contribution in [3.05, 3.63) is 59.4 Å². The molecule has 1 atom stereocenters. The molecule has 0 unspecified atom stereocenters. The van der Waals surface area contributed by atoms with Gasteiger partial charge in [-0.2, -0.15) is 10.1 Å². The number of carbonyl (C=O) groups excluding carboxylic acids is 2. The number of nitrogens with zero attached hydrogens (tertiary/aromatic N) is 3. The van der Waals surface area contributed by atoms with E-state index in [1.54, 1.807) is 10.7 Å². The summed E-state index contributed by atoms with van der Waals surface area (Å²) >= 11 is 0. The van der Waals surface area contributed by atoms with Crippen molar-refractivity contribution in [1.82, 2.24) is 14.8 Å². The average Bonchev–Trinajstić information content (AvgIpc) is 3.23. The summed E-state index contributed by atoms with van der Waals surface area (Å²) in [6.07, 6.45) is 1.64. The lowest BCUT2D eigenvalue weighted by molar-refractivity contribution is -0.118. The maximum absolute atomic E-state index is 12.4. The second kappa shape index (κ2) is 9.09. The second-order valence-electron chi connectivity index (χ2n) is 7.59. The zero-order valence-corrected chi connectivity index (χ0v) is 18.2. The van der Waals surface area contributed by atoms with Crippen LogP contribution >= 0.6 is 0 Å². The third-order valence-electron chi connectivity index (χ3n) is 5.17. The Hall–Kier alpha value is -3.88. The van der Waals surface area contributed by atoms with Crippen LogP contribution in [0.25, 0.3) is 0 Å². The summed E-state index contributed by atoms with van der Waals surface area (Å²) in [4.78, 5) is 28.5. The number of benzene rings is 2. The molecule has 1 aromatic heterocycles. The zero-order valence-electron chi connectivity index (χ0n) is 18.2. The van der Waals surface area contributed by atoms with Crippen LogP contribution in [0.15, 0.2) is 42.7 Å². The van der Waals surface area contributed by atoms with Crippen LogP contribution in [-0.2, 0) is 9.59 Å². The van der Waals surface area contributed by atoms with E-state index >= 15 is 0 Å². The molecule has 0 bridgehead atoms. The van der Waals surface area contributed by atoms with Crippen molar-refractivity contribution in [2.24, 2.45) is 0 Å². The number of aromatic nitrogens is 3. The minimum Gasteiger partial charge on any atom is -0.490 e. The fraction of sp³-hybridized carbons (Fsp3) is 0.304. The first kappa shape index (κ1) is 21.4. The van der Waals surface area contributed by atoms with Crippen LogP contribution < -0.4 is 20.1 Å². The maximum Gasteiger partial charge on any atom is 0.262 e. The van der Waals surface area contributed by atoms with Crippen molar-refractivity contribution in [1.29, 1.82) is 0 Å². The van der Waals surface area contributed by atoms with Gasteiger partial charge in [0, 0.05) is 5.69 Å². The van der Waals surface area contributed by atoms with E-state index in [4.69, 9.17) is 9.47 Å². The number of hydrogen-bond donors (Lipinski definition) is 2. The molecule has 166 valence electrons. The van der Waals surface area contributed by atoms with E-state index in [9.17, 15) is 9.59 Å². The molecule has 9 nitrogen and oxygen atoms in total. The lowest BCUT2D eigenvalue weighted by atomic mass is 10.0. The van der Waals surface area contributed by atoms with Gasteiger partial charge in [-0.25, -0.2) is 4.68 Å². The zero-order chi connectivity index (χ0) is 22.7. The molecule has 1 aliphatic heterocycles. The monoisotopic (exact) mass is 435 g/mol. The van der Waals surface area contributed by atoms with E-state index in [1.165, 1.54) is 6.33 Å². The van der Waals surface area contributed by atoms with Crippen molar-refractivity contribution < 1.29 is 19.1 Å². The van der Waals surface area contributed by atoms with Gasteiger partial charge in [0.05, 0.1) is 19.1 Å². The van der Waals surface area contributed by atoms with Gasteiger partial charge in [0.15, 0.2) is 18.1 Å². The van der Waals surface area contributed by atoms with Gasteiger partial charge >= 0.3 is 0 Å². The quantitative estimate of drug-likeness (QED) is 0.590. The van der Waals surface area contributed by atoms with Gasteiger partial charge in [0.25, 0.3) is 5.91 Å². The van der Waals surface area contributed by atoms with Gasteiger partial charge in [0.2, 0.25) is 11.9 Å². The fourth-order valence-electron chi connectivity index (χ4n) is 3.67. The number of ether oxygens (including phenoxy) is 2. The van der Waals surface area contributed by atoms with E-state index in [0.29, 0.717) is 24.1 Å². The molecular weight excluding hydrogens is 410 g/mol. The summed E-state index contributed by atoms with van der Waals surface area (Å²) in [7, 11) is 0. The molecule has 2 amide bonds. The standard InChI is InChI=1S/C23H25N5O4/c1-4-31-20-10-16(18-11-21(29)27-23-24-13-25-28(18)23)6-8-19(20)32-12-22(30)26-17-7-5-14(2)9-15(17)3/h5-10,13,18H,4,11-12H2,1-3H3,(H,26,30)(H,24,25,27,29)/t18-/m0/s1. The molecule has 4 rings (SSSR count). The van der Waals surface area contributed by atoms with Crippen molar-refractivity contribution >= 4 is 23.5 Å². The number of carbonyl (C=O) groups is 2. The van der Waals surface area contributed by atoms with Crippen LogP contribution in [0.2, 0.25) is 0 Å². The Kier molecular flexibility index (Phi) is 6.07. The van der Waals surface area contributed by atoms with Gasteiger partial charge in [-0.15, -0.1) is 0 Å². The minimum atomic E-state index is -0.303. The van der Waals surface area contributed by atoms with Gasteiger partial charge < -0.3 is 14.8 Å². The van der Waals surface area contributed by atoms with Crippen LogP contribution in [0, 0.1) is 13.8 Å². The third-order valence-corrected chi connectivity index (χ3v) is 5.17. The molecule has 1 aliphatic rings. The Balaban J connectivity index is 1.49. The molecule has 2 N–H and O–H groups in total. The summed E-state index contributed by atoms with van der Waals surface area (Å²) in [5.41, 5.74) is 3.71. The highest BCUT2D eigenvalue weighted by atomic mass is 16.5. The number of nitrogens with one attached hydrogen (secondary N) is 2. The van der Waals surface area contributed by atoms with Gasteiger partial charge in [-0.1, -0.05) is 23.8 Å². The summed E-state index contributed by atoms with van der Waals surface area (Å²) in [5, 5.41) is 9.79. The van der Waals surface area contributed by atoms with Crippen molar-refractivity contribution in [3.63, 3.8) is 0 Å². The Morgan fingerprint density at radius 2 is 2.03 bits per heavy atom. The number of hydrogen-bond acceptors (Lipinski definition) is 6. The topological polar surface area (TPSA) is 107 Å². The molecule has 0 saturated heterocycles. The molecule has 0 saturated carbocycles. The third kappa shape index (κ3) is 4.56. The van der Waals surface area contributed by atoms with Crippen LogP contribution in [0.1, 0.15) is 36.1 Å². The van der Waals surface area contributed by atoms with E-state index in [-0.39, 0.29) is 30.9 Å². The Labute approximate surface area is 185 Å². The average molecular weight is 435 g/mol. The van der Waals surface area contributed by atoms with Crippen molar-refractivity contribution in [2.75, 3.05) is 23.8 Å². The van der Waals surface area contributed by atoms with E-state index in [0.717, 1.165) is 22.4 Å². The highest BCUT2D eigenvalue weighted by Crippen LogP contribution is 2.35. The molecule has 9 heteroatoms. The predicted molar refractivity (Wildman–Crippen MR) is 119 cm³/mol. The Bertz CT molecular complexity index is 1160. The van der Waals surface area contributed by atoms with E-state index in [2.05, 4.69) is 20.7 Å². The number of fused-ring (bicyclic) bond motifs is 1. The van der Waals surface area contributed by atoms with Gasteiger partial charge in [-0.3, -0.25) is 14.9 Å². The first-order valence-corrected chi connectivity index (χ1v) is 10.4. The minimum absolute atomic E-state index is 0.128. The van der Waals surface area contributed by atoms with Crippen LogP contribution in [0.4, 0.5) is 11.6 Å². The first-order valence-electron chi connectivity index (χ1n) is 10.4. The lowest BCUT2D eigenvalue weighted by Gasteiger charge is -2.24. The fourth-order valence-corrected chi connectivity index (χ4v) is 3.67. The molecule has 0 fully saturated rings. The van der Waals surface area contributed by atoms with Crippen LogP contribution in [0.5, 0.6) is 11.5 Å². The highest BCUT2D eigenvalue weighted by molar-refractivity contribution is 5.92. The first-order chi connectivity index (χ1) is 15.4. The van der Waals surface area contributed by atoms with Crippen LogP contribution in [0.3, 0.4) is 0 Å². The molecule has 0 radical (unpaired) electrons. The number of amides is 2. The highest BCUT2D eigenvalue weighted by Gasteiger charge is 2.28. The largest absolute Gasteiger partial charge is 0.490 e. The van der Waals surface area contributed by atoms with Crippen molar-refractivity contribution in [2.45, 2.75) is 33.2 Å². The summed E-state index contributed by atoms with van der Waals surface area (Å²) < 4.78 is 13.2. The summed E-state index contributed by atoms with van der Waals surface area (Å²) in [5.74, 6) is 0.964. The maximum atomic E-state index is 12.4. The van der Waals surface area contributed by atoms with Gasteiger partial charge in [0.1, 0.15) is 6.33 Å². The molecular formula is C23H25N5O4. The molecule has 0 aliphatic carbocycles. The number of aryl methyl sites for hydroxylation is 2. The Morgan fingerprint density at radius 1 is 1.19 bits per heavy atom. The molecule has 32 heavy (non-hydrogen) atoms. The number of anilines is 2. The molecule has 3 aromatic rings. The lowest BCUT2D eigenvalue weighted by Crippen LogP contribution is -2.29. The predicted octanol–water partition coefficient (Wildman–Crippen LogP) is 3.24. The summed E-state index contributed by atoms with van der Waals surface area (Å²) in [6, 6.07) is 10.9. The van der Waals surface area contributed by atoms with E-state index in [1.807, 2.05) is 51.1 Å². The molecule has 2 aromatic carbocycles. The van der Waals surface area contributed by atoms with Crippen molar-refractivity contribution in [3.8, 4) is 11.5 Å². The SMILES string of the molecule is CCOc1cc([C@@H]2CC(=O)Nc3ncnn32)ccc1OCC(=O)Nc1ccc(C)cc1C. The summed E-state index contributed by atoms with van der Waals surface area (Å²) in [6.45, 7) is 6.08. The Morgan fingerprint density at radius 3 is 2.81 bits per heavy atom. The van der Waals surface area contributed by atoms with Gasteiger partial charge in [-0.05, 0) is 50.1 Å². The number of rotatable bonds is 7. The second-order valence-corrected chi connectivity index (χ2v) is 7.59. The van der Waals surface area contributed by atoms with E-state index < -0.39 is 0 Å².